The van der Waals surface area contributed by atoms with E-state index in [1.807, 2.05) is 11.6 Å². The third kappa shape index (κ3) is 2.64. The summed E-state index contributed by atoms with van der Waals surface area (Å²) in [7, 11) is 0. The quantitative estimate of drug-likeness (QED) is 0.898. The third-order valence-electron chi connectivity index (χ3n) is 4.27. The monoisotopic (exact) mass is 318 g/mol. The lowest BCUT2D eigenvalue weighted by atomic mass is 10.1. The highest BCUT2D eigenvalue weighted by Crippen LogP contribution is 2.33. The molecule has 1 N–H and O–H groups in total. The lowest BCUT2D eigenvalue weighted by Crippen LogP contribution is -2.59. The number of thiazole rings is 1. The third-order valence-corrected chi connectivity index (χ3v) is 5.21. The van der Waals surface area contributed by atoms with E-state index in [1.165, 1.54) is 0 Å². The molecule has 8 heteroatoms. The van der Waals surface area contributed by atoms with E-state index in [0.717, 1.165) is 30.9 Å². The van der Waals surface area contributed by atoms with E-state index in [2.05, 4.69) is 32.4 Å². The number of nitrogens with zero attached hydrogens (tertiary/aromatic N) is 5. The molecular formula is C14H18N6OS. The van der Waals surface area contributed by atoms with Crippen LogP contribution in [0.5, 0.6) is 0 Å². The molecule has 116 valence electrons. The molecule has 7 nitrogen and oxygen atoms in total. The molecule has 2 aliphatic rings. The van der Waals surface area contributed by atoms with Gasteiger partial charge in [0, 0.05) is 24.7 Å². The minimum Gasteiger partial charge on any atom is -0.345 e. The first kappa shape index (κ1) is 13.8. The Hall–Kier alpha value is -1.80. The van der Waals surface area contributed by atoms with Crippen molar-refractivity contribution in [1.29, 1.82) is 0 Å². The zero-order valence-electron chi connectivity index (χ0n) is 12.3. The highest BCUT2D eigenvalue weighted by molar-refractivity contribution is 7.09. The number of likely N-dealkylation sites (tertiary alicyclic amines) is 1. The van der Waals surface area contributed by atoms with Crippen LogP contribution in [0.4, 0.5) is 0 Å². The van der Waals surface area contributed by atoms with E-state index in [4.69, 9.17) is 0 Å². The van der Waals surface area contributed by atoms with Gasteiger partial charge < -0.3 is 5.32 Å². The van der Waals surface area contributed by atoms with E-state index in [-0.39, 0.29) is 11.9 Å². The summed E-state index contributed by atoms with van der Waals surface area (Å²) in [6, 6.07) is 0.942. The van der Waals surface area contributed by atoms with Gasteiger partial charge in [-0.3, -0.25) is 9.69 Å². The van der Waals surface area contributed by atoms with Crippen molar-refractivity contribution in [1.82, 2.24) is 30.2 Å². The predicted molar refractivity (Wildman–Crippen MR) is 81.6 cm³/mol. The summed E-state index contributed by atoms with van der Waals surface area (Å²) in [6.07, 6.45) is 5.85. The molecule has 2 fully saturated rings. The molecule has 0 spiro atoms. The van der Waals surface area contributed by atoms with Gasteiger partial charge in [0.1, 0.15) is 5.01 Å². The van der Waals surface area contributed by atoms with Crippen molar-refractivity contribution < 1.29 is 4.79 Å². The summed E-state index contributed by atoms with van der Waals surface area (Å²) >= 11 is 1.67. The maximum atomic E-state index is 12.2. The van der Waals surface area contributed by atoms with Crippen molar-refractivity contribution in [3.63, 3.8) is 0 Å². The number of nitrogens with one attached hydrogen (secondary N) is 1. The number of aromatic nitrogens is 4. The Kier molecular flexibility index (Phi) is 3.42. The fourth-order valence-corrected chi connectivity index (χ4v) is 3.40. The zero-order chi connectivity index (χ0) is 15.1. The molecule has 0 bridgehead atoms. The van der Waals surface area contributed by atoms with Crippen molar-refractivity contribution in [3.05, 3.63) is 28.5 Å². The second-order valence-electron chi connectivity index (χ2n) is 5.99. The van der Waals surface area contributed by atoms with Crippen LogP contribution in [0.15, 0.2) is 17.8 Å². The highest BCUT2D eigenvalue weighted by Gasteiger charge is 2.33. The van der Waals surface area contributed by atoms with Crippen LogP contribution in [-0.2, 0) is 0 Å². The first-order chi connectivity index (χ1) is 10.7. The number of amides is 1. The molecule has 1 aliphatic heterocycles. The summed E-state index contributed by atoms with van der Waals surface area (Å²) in [5.74, 6) is -0.126. The minimum absolute atomic E-state index is 0.126. The molecule has 1 unspecified atom stereocenters. The fourth-order valence-electron chi connectivity index (χ4n) is 2.67. The summed E-state index contributed by atoms with van der Waals surface area (Å²) in [5, 5.41) is 14.1. The maximum Gasteiger partial charge on any atom is 0.273 e. The Morgan fingerprint density at radius 2 is 2.27 bits per heavy atom. The van der Waals surface area contributed by atoms with Gasteiger partial charge in [-0.25, -0.2) is 9.67 Å². The molecule has 2 aromatic heterocycles. The normalized spacial score (nSPS) is 20.6. The molecule has 1 saturated heterocycles. The van der Waals surface area contributed by atoms with Gasteiger partial charge in [0.15, 0.2) is 5.69 Å². The molecule has 0 radical (unpaired) electrons. The van der Waals surface area contributed by atoms with Crippen molar-refractivity contribution in [3.8, 4) is 0 Å². The number of hydrogen-bond donors (Lipinski definition) is 1. The van der Waals surface area contributed by atoms with Crippen molar-refractivity contribution in [2.75, 3.05) is 13.1 Å². The molecule has 1 aliphatic carbocycles. The summed E-state index contributed by atoms with van der Waals surface area (Å²) in [6.45, 7) is 3.85. The Morgan fingerprint density at radius 3 is 2.95 bits per heavy atom. The fraction of sp³-hybridized carbons (Fsp3) is 0.571. The van der Waals surface area contributed by atoms with Crippen LogP contribution < -0.4 is 5.32 Å². The van der Waals surface area contributed by atoms with Crippen LogP contribution in [0.2, 0.25) is 0 Å². The van der Waals surface area contributed by atoms with Crippen LogP contribution in [0.1, 0.15) is 47.3 Å². The van der Waals surface area contributed by atoms with Gasteiger partial charge in [0.25, 0.3) is 5.91 Å². The number of hydrogen-bond acceptors (Lipinski definition) is 6. The number of rotatable bonds is 5. The summed E-state index contributed by atoms with van der Waals surface area (Å²) in [4.78, 5) is 18.8. The van der Waals surface area contributed by atoms with Gasteiger partial charge in [-0.1, -0.05) is 5.21 Å². The molecule has 1 amide bonds. The van der Waals surface area contributed by atoms with E-state index in [0.29, 0.717) is 17.8 Å². The van der Waals surface area contributed by atoms with Crippen molar-refractivity contribution in [2.24, 2.45) is 0 Å². The number of carbonyl (C=O) groups excluding carboxylic acids is 1. The predicted octanol–water partition coefficient (Wildman–Crippen LogP) is 1.24. The van der Waals surface area contributed by atoms with Crippen LogP contribution in [0, 0.1) is 0 Å². The van der Waals surface area contributed by atoms with Gasteiger partial charge in [-0.05, 0) is 19.8 Å². The average Bonchev–Trinajstić information content (AvgIpc) is 3.01. The SMILES string of the molecule is CC(c1nccs1)N1CC(NC(=O)c2cn(C3CC3)nn2)C1. The smallest absolute Gasteiger partial charge is 0.273 e. The van der Waals surface area contributed by atoms with Crippen molar-refractivity contribution in [2.45, 2.75) is 37.9 Å². The van der Waals surface area contributed by atoms with Gasteiger partial charge in [-0.2, -0.15) is 0 Å². The zero-order valence-corrected chi connectivity index (χ0v) is 13.2. The first-order valence-corrected chi connectivity index (χ1v) is 8.45. The van der Waals surface area contributed by atoms with E-state index in [1.54, 1.807) is 22.2 Å². The second-order valence-corrected chi connectivity index (χ2v) is 6.91. The van der Waals surface area contributed by atoms with Gasteiger partial charge in [0.2, 0.25) is 0 Å². The summed E-state index contributed by atoms with van der Waals surface area (Å²) in [5.41, 5.74) is 0.415. The standard InChI is InChI=1S/C14H18N6OS/c1-9(14-15-4-5-22-14)19-6-10(7-19)16-13(21)12-8-20(18-17-12)11-2-3-11/h4-5,8-11H,2-3,6-7H2,1H3,(H,16,21). The minimum atomic E-state index is -0.126. The Balaban J connectivity index is 1.29. The van der Waals surface area contributed by atoms with Gasteiger partial charge in [0.05, 0.1) is 24.3 Å². The average molecular weight is 318 g/mol. The van der Waals surface area contributed by atoms with Gasteiger partial charge >= 0.3 is 0 Å². The Bertz CT molecular complexity index is 659. The second kappa shape index (κ2) is 5.44. The Labute approximate surface area is 132 Å². The lowest BCUT2D eigenvalue weighted by molar-refractivity contribution is 0.0672. The van der Waals surface area contributed by atoms with Crippen LogP contribution >= 0.6 is 11.3 Å². The molecule has 22 heavy (non-hydrogen) atoms. The van der Waals surface area contributed by atoms with Crippen LogP contribution in [0.25, 0.3) is 0 Å². The van der Waals surface area contributed by atoms with Crippen molar-refractivity contribution >= 4 is 17.2 Å². The number of carbonyl (C=O) groups is 1. The lowest BCUT2D eigenvalue weighted by Gasteiger charge is -2.42. The summed E-state index contributed by atoms with van der Waals surface area (Å²) < 4.78 is 1.80. The van der Waals surface area contributed by atoms with E-state index < -0.39 is 0 Å². The van der Waals surface area contributed by atoms with Gasteiger partial charge in [-0.15, -0.1) is 16.4 Å². The largest absolute Gasteiger partial charge is 0.345 e. The molecule has 2 aromatic rings. The molecule has 1 saturated carbocycles. The molecular weight excluding hydrogens is 300 g/mol. The highest BCUT2D eigenvalue weighted by atomic mass is 32.1. The van der Waals surface area contributed by atoms with Crippen LogP contribution in [0.3, 0.4) is 0 Å². The molecule has 0 aromatic carbocycles. The first-order valence-electron chi connectivity index (χ1n) is 7.57. The van der Waals surface area contributed by atoms with E-state index in [9.17, 15) is 4.79 Å². The molecule has 1 atom stereocenters. The molecule has 3 heterocycles. The molecule has 4 rings (SSSR count). The van der Waals surface area contributed by atoms with Crippen LogP contribution in [-0.4, -0.2) is 49.9 Å². The Morgan fingerprint density at radius 1 is 1.45 bits per heavy atom. The van der Waals surface area contributed by atoms with E-state index >= 15 is 0 Å². The topological polar surface area (TPSA) is 75.9 Å². The maximum absolute atomic E-state index is 12.2.